The highest BCUT2D eigenvalue weighted by Crippen LogP contribution is 2.21. The van der Waals surface area contributed by atoms with Gasteiger partial charge in [-0.25, -0.2) is 13.9 Å². The van der Waals surface area contributed by atoms with Gasteiger partial charge in [-0.1, -0.05) is 12.8 Å². The molecule has 1 heterocycles. The van der Waals surface area contributed by atoms with E-state index in [9.17, 15) is 9.18 Å². The van der Waals surface area contributed by atoms with Crippen LogP contribution in [0.1, 0.15) is 37.1 Å². The highest BCUT2D eigenvalue weighted by atomic mass is 19.1. The molecule has 1 fully saturated rings. The van der Waals surface area contributed by atoms with Crippen molar-refractivity contribution in [1.29, 1.82) is 0 Å². The second-order valence-corrected chi connectivity index (χ2v) is 6.08. The molecule has 0 radical (unpaired) electrons. The number of urea groups is 1. The lowest BCUT2D eigenvalue weighted by molar-refractivity contribution is 0.248. The number of nitrogens with one attached hydrogen (secondary N) is 2. The van der Waals surface area contributed by atoms with Crippen molar-refractivity contribution in [2.45, 2.75) is 45.6 Å². The van der Waals surface area contributed by atoms with Gasteiger partial charge in [0.2, 0.25) is 0 Å². The van der Waals surface area contributed by atoms with Crippen LogP contribution in [0, 0.1) is 19.7 Å². The monoisotopic (exact) mass is 316 g/mol. The molecule has 1 aromatic heterocycles. The minimum atomic E-state index is -0.421. The number of benzene rings is 1. The molecule has 122 valence electrons. The summed E-state index contributed by atoms with van der Waals surface area (Å²) in [5.41, 5.74) is 2.50. The van der Waals surface area contributed by atoms with E-state index in [0.29, 0.717) is 11.4 Å². The summed E-state index contributed by atoms with van der Waals surface area (Å²) in [6, 6.07) is 6.47. The molecule has 6 heteroatoms. The largest absolute Gasteiger partial charge is 0.335 e. The van der Waals surface area contributed by atoms with E-state index < -0.39 is 5.82 Å². The number of halogens is 1. The van der Waals surface area contributed by atoms with E-state index in [1.165, 1.54) is 6.07 Å². The van der Waals surface area contributed by atoms with Crippen LogP contribution in [0.5, 0.6) is 0 Å². The first-order valence-corrected chi connectivity index (χ1v) is 7.93. The Morgan fingerprint density at radius 3 is 2.61 bits per heavy atom. The summed E-state index contributed by atoms with van der Waals surface area (Å²) >= 11 is 0. The van der Waals surface area contributed by atoms with Gasteiger partial charge in [0.15, 0.2) is 5.82 Å². The van der Waals surface area contributed by atoms with Crippen molar-refractivity contribution < 1.29 is 9.18 Å². The molecule has 23 heavy (non-hydrogen) atoms. The Hall–Kier alpha value is -2.37. The van der Waals surface area contributed by atoms with Crippen LogP contribution in [0.15, 0.2) is 24.3 Å². The van der Waals surface area contributed by atoms with Crippen LogP contribution in [0.3, 0.4) is 0 Å². The van der Waals surface area contributed by atoms with Gasteiger partial charge >= 0.3 is 6.03 Å². The van der Waals surface area contributed by atoms with Crippen molar-refractivity contribution >= 4 is 11.7 Å². The molecular weight excluding hydrogens is 295 g/mol. The van der Waals surface area contributed by atoms with E-state index in [1.807, 2.05) is 19.9 Å². The fraction of sp³-hybridized carbons (Fsp3) is 0.412. The molecule has 2 aromatic rings. The van der Waals surface area contributed by atoms with Gasteiger partial charge < -0.3 is 10.6 Å². The van der Waals surface area contributed by atoms with Gasteiger partial charge in [0.1, 0.15) is 5.69 Å². The smallest absolute Gasteiger partial charge is 0.319 e. The van der Waals surface area contributed by atoms with E-state index >= 15 is 0 Å². The molecule has 1 aliphatic rings. The zero-order valence-electron chi connectivity index (χ0n) is 13.4. The summed E-state index contributed by atoms with van der Waals surface area (Å²) in [6.07, 6.45) is 4.32. The number of aromatic nitrogens is 2. The standard InChI is InChI=1S/C17H21FN4O/c1-11-9-12(2)22(21-11)16-8-7-14(10-15(16)18)20-17(23)19-13-5-3-4-6-13/h7-10,13H,3-6H2,1-2H3,(H2,19,20,23). The average Bonchev–Trinajstić information content (AvgIpc) is 3.09. The summed E-state index contributed by atoms with van der Waals surface area (Å²) < 4.78 is 15.9. The molecule has 3 rings (SSSR count). The van der Waals surface area contributed by atoms with E-state index in [4.69, 9.17) is 0 Å². The van der Waals surface area contributed by atoms with Crippen molar-refractivity contribution in [3.63, 3.8) is 0 Å². The lowest BCUT2D eigenvalue weighted by Crippen LogP contribution is -2.36. The fourth-order valence-electron chi connectivity index (χ4n) is 3.05. The maximum absolute atomic E-state index is 14.3. The number of carbonyl (C=O) groups excluding carboxylic acids is 1. The molecule has 0 spiro atoms. The normalized spacial score (nSPS) is 14.9. The molecule has 0 aliphatic heterocycles. The molecule has 5 nitrogen and oxygen atoms in total. The number of amides is 2. The number of aryl methyl sites for hydroxylation is 2. The van der Waals surface area contributed by atoms with Gasteiger partial charge in [-0.3, -0.25) is 0 Å². The predicted molar refractivity (Wildman–Crippen MR) is 87.4 cm³/mol. The number of rotatable bonds is 3. The third-order valence-electron chi connectivity index (χ3n) is 4.13. The van der Waals surface area contributed by atoms with Crippen molar-refractivity contribution in [2.24, 2.45) is 0 Å². The Bertz CT molecular complexity index is 719. The maximum Gasteiger partial charge on any atom is 0.319 e. The second-order valence-electron chi connectivity index (χ2n) is 6.08. The van der Waals surface area contributed by atoms with Gasteiger partial charge in [0, 0.05) is 17.4 Å². The lowest BCUT2D eigenvalue weighted by Gasteiger charge is -2.13. The Morgan fingerprint density at radius 1 is 1.26 bits per heavy atom. The van der Waals surface area contributed by atoms with Crippen molar-refractivity contribution in [3.05, 3.63) is 41.5 Å². The Morgan fingerprint density at radius 2 is 2.00 bits per heavy atom. The molecule has 2 amide bonds. The highest BCUT2D eigenvalue weighted by Gasteiger charge is 2.17. The third-order valence-corrected chi connectivity index (χ3v) is 4.13. The summed E-state index contributed by atoms with van der Waals surface area (Å²) in [4.78, 5) is 11.9. The molecule has 1 saturated carbocycles. The number of hydrogen-bond donors (Lipinski definition) is 2. The summed E-state index contributed by atoms with van der Waals surface area (Å²) in [7, 11) is 0. The first-order valence-electron chi connectivity index (χ1n) is 7.93. The van der Waals surface area contributed by atoms with Crippen LogP contribution in [-0.4, -0.2) is 21.9 Å². The molecule has 2 N–H and O–H groups in total. The topological polar surface area (TPSA) is 59.0 Å². The van der Waals surface area contributed by atoms with Crippen LogP contribution in [0.4, 0.5) is 14.9 Å². The maximum atomic E-state index is 14.3. The van der Waals surface area contributed by atoms with Crippen LogP contribution >= 0.6 is 0 Å². The van der Waals surface area contributed by atoms with E-state index in [2.05, 4.69) is 15.7 Å². The van der Waals surface area contributed by atoms with Gasteiger partial charge in [-0.15, -0.1) is 0 Å². The average molecular weight is 316 g/mol. The molecule has 1 aliphatic carbocycles. The van der Waals surface area contributed by atoms with Crippen LogP contribution < -0.4 is 10.6 Å². The van der Waals surface area contributed by atoms with Crippen molar-refractivity contribution in [2.75, 3.05) is 5.32 Å². The number of hydrogen-bond acceptors (Lipinski definition) is 2. The number of carbonyl (C=O) groups is 1. The summed E-state index contributed by atoms with van der Waals surface area (Å²) in [5.74, 6) is -0.421. The summed E-state index contributed by atoms with van der Waals surface area (Å²) in [6.45, 7) is 3.74. The predicted octanol–water partition coefficient (Wildman–Crippen LogP) is 3.69. The molecular formula is C17H21FN4O. The Kier molecular flexibility index (Phi) is 4.32. The number of anilines is 1. The van der Waals surface area contributed by atoms with Gasteiger partial charge in [0.05, 0.1) is 5.69 Å². The number of nitrogens with zero attached hydrogens (tertiary/aromatic N) is 2. The SMILES string of the molecule is Cc1cc(C)n(-c2ccc(NC(=O)NC3CCCC3)cc2F)n1. The first kappa shape index (κ1) is 15.5. The van der Waals surface area contributed by atoms with E-state index in [-0.39, 0.29) is 12.1 Å². The molecule has 0 bridgehead atoms. The zero-order valence-corrected chi connectivity index (χ0v) is 13.4. The highest BCUT2D eigenvalue weighted by molar-refractivity contribution is 5.89. The van der Waals surface area contributed by atoms with Gasteiger partial charge in [0.25, 0.3) is 0 Å². The molecule has 0 atom stereocenters. The molecule has 0 saturated heterocycles. The Labute approximate surface area is 134 Å². The zero-order chi connectivity index (χ0) is 16.4. The first-order chi connectivity index (χ1) is 11.0. The summed E-state index contributed by atoms with van der Waals surface area (Å²) in [5, 5.41) is 9.88. The quantitative estimate of drug-likeness (QED) is 0.907. The second kappa shape index (κ2) is 6.40. The van der Waals surface area contributed by atoms with Crippen LogP contribution in [0.25, 0.3) is 5.69 Å². The van der Waals surface area contributed by atoms with E-state index in [1.54, 1.807) is 16.8 Å². The van der Waals surface area contributed by atoms with Crippen LogP contribution in [0.2, 0.25) is 0 Å². The molecule has 0 unspecified atom stereocenters. The van der Waals surface area contributed by atoms with Crippen molar-refractivity contribution in [1.82, 2.24) is 15.1 Å². The van der Waals surface area contributed by atoms with Gasteiger partial charge in [-0.05, 0) is 51.0 Å². The van der Waals surface area contributed by atoms with Crippen LogP contribution in [-0.2, 0) is 0 Å². The fourth-order valence-corrected chi connectivity index (χ4v) is 3.05. The minimum absolute atomic E-state index is 0.230. The third kappa shape index (κ3) is 3.52. The Balaban J connectivity index is 1.71. The molecule has 1 aromatic carbocycles. The lowest BCUT2D eigenvalue weighted by atomic mass is 10.2. The van der Waals surface area contributed by atoms with E-state index in [0.717, 1.165) is 37.1 Å². The van der Waals surface area contributed by atoms with Gasteiger partial charge in [-0.2, -0.15) is 5.10 Å². The van der Waals surface area contributed by atoms with Crippen molar-refractivity contribution in [3.8, 4) is 5.69 Å². The minimum Gasteiger partial charge on any atom is -0.335 e.